The number of halogens is 2. The van der Waals surface area contributed by atoms with Crippen LogP contribution in [0.25, 0.3) is 6.08 Å². The molecular formula is C16H13F2NO2. The van der Waals surface area contributed by atoms with Gasteiger partial charge < -0.3 is 10.1 Å². The topological polar surface area (TPSA) is 38.3 Å². The Bertz CT molecular complexity index is 684. The van der Waals surface area contributed by atoms with Crippen molar-refractivity contribution < 1.29 is 18.3 Å². The van der Waals surface area contributed by atoms with E-state index in [0.717, 1.165) is 0 Å². The quantitative estimate of drug-likeness (QED) is 0.873. The van der Waals surface area contributed by atoms with Crippen LogP contribution in [0.4, 0.5) is 14.5 Å². The van der Waals surface area contributed by atoms with Crippen LogP contribution >= 0.6 is 0 Å². The number of amides is 1. The first-order chi connectivity index (χ1) is 10.1. The molecule has 5 heteroatoms. The van der Waals surface area contributed by atoms with Crippen LogP contribution < -0.4 is 10.1 Å². The van der Waals surface area contributed by atoms with Gasteiger partial charge in [0.05, 0.1) is 7.11 Å². The highest BCUT2D eigenvalue weighted by Crippen LogP contribution is 2.18. The number of rotatable bonds is 4. The van der Waals surface area contributed by atoms with Crippen molar-refractivity contribution in [1.29, 1.82) is 0 Å². The van der Waals surface area contributed by atoms with Gasteiger partial charge in [-0.15, -0.1) is 0 Å². The number of hydrogen-bond donors (Lipinski definition) is 1. The fourth-order valence-electron chi connectivity index (χ4n) is 1.71. The second-order valence-corrected chi connectivity index (χ2v) is 4.23. The van der Waals surface area contributed by atoms with Crippen LogP contribution in [-0.4, -0.2) is 13.0 Å². The summed E-state index contributed by atoms with van der Waals surface area (Å²) in [6.45, 7) is 0. The first-order valence-corrected chi connectivity index (χ1v) is 6.16. The van der Waals surface area contributed by atoms with E-state index in [-0.39, 0.29) is 5.75 Å². The number of carbonyl (C=O) groups is 1. The molecular weight excluding hydrogens is 276 g/mol. The van der Waals surface area contributed by atoms with Gasteiger partial charge in [0, 0.05) is 11.8 Å². The molecule has 0 aliphatic rings. The molecule has 0 atom stereocenters. The number of anilines is 1. The smallest absolute Gasteiger partial charge is 0.248 e. The summed E-state index contributed by atoms with van der Waals surface area (Å²) in [6.07, 6.45) is 2.70. The van der Waals surface area contributed by atoms with E-state index in [0.29, 0.717) is 11.3 Å². The minimum atomic E-state index is -0.509. The van der Waals surface area contributed by atoms with Crippen molar-refractivity contribution in [1.82, 2.24) is 0 Å². The molecule has 0 saturated heterocycles. The maximum absolute atomic E-state index is 13.5. The van der Waals surface area contributed by atoms with Crippen molar-refractivity contribution in [2.24, 2.45) is 0 Å². The average molecular weight is 289 g/mol. The summed E-state index contributed by atoms with van der Waals surface area (Å²) in [6, 6.07) is 9.90. The van der Waals surface area contributed by atoms with Crippen LogP contribution in [0.5, 0.6) is 5.75 Å². The van der Waals surface area contributed by atoms with Crippen molar-refractivity contribution in [3.63, 3.8) is 0 Å². The molecule has 0 unspecified atom stereocenters. The fourth-order valence-corrected chi connectivity index (χ4v) is 1.71. The molecule has 2 rings (SSSR count). The lowest BCUT2D eigenvalue weighted by Crippen LogP contribution is -2.07. The molecule has 0 heterocycles. The van der Waals surface area contributed by atoms with Crippen molar-refractivity contribution in [3.8, 4) is 5.75 Å². The lowest BCUT2D eigenvalue weighted by atomic mass is 10.2. The summed E-state index contributed by atoms with van der Waals surface area (Å²) in [7, 11) is 1.38. The number of hydrogen-bond acceptors (Lipinski definition) is 2. The van der Waals surface area contributed by atoms with Crippen molar-refractivity contribution in [3.05, 3.63) is 65.7 Å². The molecule has 2 aromatic rings. The zero-order chi connectivity index (χ0) is 15.2. The maximum Gasteiger partial charge on any atom is 0.248 e. The molecule has 21 heavy (non-hydrogen) atoms. The number of carbonyl (C=O) groups excluding carboxylic acids is 1. The van der Waals surface area contributed by atoms with E-state index in [9.17, 15) is 13.6 Å². The molecule has 108 valence electrons. The monoisotopic (exact) mass is 289 g/mol. The Labute approximate surface area is 120 Å². The third kappa shape index (κ3) is 4.14. The number of ether oxygens (including phenoxy) is 1. The van der Waals surface area contributed by atoms with Gasteiger partial charge in [-0.2, -0.15) is 0 Å². The zero-order valence-corrected chi connectivity index (χ0v) is 11.3. The predicted octanol–water partition coefficient (Wildman–Crippen LogP) is 3.63. The zero-order valence-electron chi connectivity index (χ0n) is 11.3. The van der Waals surface area contributed by atoms with Crippen LogP contribution in [0.15, 0.2) is 48.5 Å². The van der Waals surface area contributed by atoms with Crippen molar-refractivity contribution >= 4 is 17.7 Å². The largest absolute Gasteiger partial charge is 0.494 e. The summed E-state index contributed by atoms with van der Waals surface area (Å²) in [5.74, 6) is -1.24. The van der Waals surface area contributed by atoms with Crippen LogP contribution in [0.2, 0.25) is 0 Å². The van der Waals surface area contributed by atoms with E-state index in [2.05, 4.69) is 5.32 Å². The molecule has 3 nitrogen and oxygen atoms in total. The van der Waals surface area contributed by atoms with Gasteiger partial charge >= 0.3 is 0 Å². The Morgan fingerprint density at radius 2 is 2.00 bits per heavy atom. The van der Waals surface area contributed by atoms with E-state index in [1.807, 2.05) is 0 Å². The molecule has 0 radical (unpaired) electrons. The average Bonchev–Trinajstić information content (AvgIpc) is 2.45. The fraction of sp³-hybridized carbons (Fsp3) is 0.0625. The van der Waals surface area contributed by atoms with Gasteiger partial charge in [-0.25, -0.2) is 8.78 Å². The number of benzene rings is 2. The van der Waals surface area contributed by atoms with E-state index < -0.39 is 17.5 Å². The lowest BCUT2D eigenvalue weighted by molar-refractivity contribution is -0.111. The number of nitrogens with one attached hydrogen (secondary N) is 1. The minimum Gasteiger partial charge on any atom is -0.494 e. The second kappa shape index (κ2) is 6.65. The second-order valence-electron chi connectivity index (χ2n) is 4.23. The van der Waals surface area contributed by atoms with Gasteiger partial charge in [0.15, 0.2) is 11.6 Å². The molecule has 1 amide bonds. The Balaban J connectivity index is 2.03. The lowest BCUT2D eigenvalue weighted by Gasteiger charge is -2.03. The molecule has 0 fully saturated rings. The highest BCUT2D eigenvalue weighted by molar-refractivity contribution is 6.01. The highest BCUT2D eigenvalue weighted by Gasteiger charge is 2.02. The van der Waals surface area contributed by atoms with Gasteiger partial charge in [-0.1, -0.05) is 12.1 Å². The molecule has 0 aromatic heterocycles. The molecule has 2 aromatic carbocycles. The van der Waals surface area contributed by atoms with Gasteiger partial charge in [0.1, 0.15) is 5.82 Å². The van der Waals surface area contributed by atoms with Crippen molar-refractivity contribution in [2.45, 2.75) is 0 Å². The Hall–Kier alpha value is -2.69. The predicted molar refractivity (Wildman–Crippen MR) is 77.0 cm³/mol. The summed E-state index contributed by atoms with van der Waals surface area (Å²) in [5, 5.41) is 2.51. The Morgan fingerprint density at radius 1 is 1.19 bits per heavy atom. The van der Waals surface area contributed by atoms with Gasteiger partial charge in [-0.3, -0.25) is 4.79 Å². The summed E-state index contributed by atoms with van der Waals surface area (Å²) in [5.41, 5.74) is 0.869. The Kier molecular flexibility index (Phi) is 4.66. The third-order valence-electron chi connectivity index (χ3n) is 2.70. The van der Waals surface area contributed by atoms with Gasteiger partial charge in [-0.05, 0) is 42.0 Å². The standard InChI is InChI=1S/C16H13F2NO2/c1-21-15-7-5-11(9-14(15)18)6-8-16(20)19-13-4-2-3-12(17)10-13/h2-10H,1H3,(H,19,20)/b8-6+. The molecule has 1 N–H and O–H groups in total. The first-order valence-electron chi connectivity index (χ1n) is 6.16. The molecule has 0 aliphatic carbocycles. The Morgan fingerprint density at radius 3 is 2.67 bits per heavy atom. The van der Waals surface area contributed by atoms with E-state index in [1.165, 1.54) is 49.6 Å². The maximum atomic E-state index is 13.5. The third-order valence-corrected chi connectivity index (χ3v) is 2.70. The minimum absolute atomic E-state index is 0.136. The first kappa shape index (κ1) is 14.7. The van der Waals surface area contributed by atoms with Crippen LogP contribution in [0.1, 0.15) is 5.56 Å². The SMILES string of the molecule is COc1ccc(/C=C/C(=O)Nc2cccc(F)c2)cc1F. The van der Waals surface area contributed by atoms with Crippen molar-refractivity contribution in [2.75, 3.05) is 12.4 Å². The molecule has 0 bridgehead atoms. The van der Waals surface area contributed by atoms with E-state index in [1.54, 1.807) is 12.1 Å². The summed E-state index contributed by atoms with van der Waals surface area (Å²) >= 11 is 0. The number of methoxy groups -OCH3 is 1. The summed E-state index contributed by atoms with van der Waals surface area (Å²) < 4.78 is 31.2. The van der Waals surface area contributed by atoms with Gasteiger partial charge in [0.2, 0.25) is 5.91 Å². The highest BCUT2D eigenvalue weighted by atomic mass is 19.1. The molecule has 0 spiro atoms. The van der Waals surface area contributed by atoms with Crippen LogP contribution in [0.3, 0.4) is 0 Å². The van der Waals surface area contributed by atoms with E-state index >= 15 is 0 Å². The normalized spacial score (nSPS) is 10.6. The summed E-state index contributed by atoms with van der Waals surface area (Å²) in [4.78, 5) is 11.7. The van der Waals surface area contributed by atoms with Crippen LogP contribution in [0, 0.1) is 11.6 Å². The van der Waals surface area contributed by atoms with Crippen LogP contribution in [-0.2, 0) is 4.79 Å². The molecule has 0 aliphatic heterocycles. The molecule has 0 saturated carbocycles. The van der Waals surface area contributed by atoms with E-state index in [4.69, 9.17) is 4.74 Å². The van der Waals surface area contributed by atoms with Gasteiger partial charge in [0.25, 0.3) is 0 Å².